The lowest BCUT2D eigenvalue weighted by molar-refractivity contribution is 0.110. The molecule has 1 aliphatic carbocycles. The topological polar surface area (TPSA) is 41.5 Å². The third-order valence-corrected chi connectivity index (χ3v) is 3.16. The maximum absolute atomic E-state index is 9.90. The summed E-state index contributed by atoms with van der Waals surface area (Å²) in [6.07, 6.45) is 5.60. The monoisotopic (exact) mass is 215 g/mol. The number of methoxy groups -OCH3 is 1. The Bertz CT molecular complexity index is 164. The molecule has 3 atom stereocenters. The van der Waals surface area contributed by atoms with Gasteiger partial charge in [-0.05, 0) is 18.8 Å². The minimum absolute atomic E-state index is 0.151. The van der Waals surface area contributed by atoms with Gasteiger partial charge in [0.15, 0.2) is 0 Å². The second-order valence-corrected chi connectivity index (χ2v) is 4.78. The van der Waals surface area contributed by atoms with Crippen LogP contribution in [0, 0.1) is 5.92 Å². The summed E-state index contributed by atoms with van der Waals surface area (Å²) in [4.78, 5) is 0. The highest BCUT2D eigenvalue weighted by Gasteiger charge is 2.21. The lowest BCUT2D eigenvalue weighted by atomic mass is 10.1. The van der Waals surface area contributed by atoms with Crippen LogP contribution in [0.5, 0.6) is 0 Å². The summed E-state index contributed by atoms with van der Waals surface area (Å²) in [5, 5.41) is 13.4. The van der Waals surface area contributed by atoms with Crippen molar-refractivity contribution in [3.63, 3.8) is 0 Å². The Labute approximate surface area is 93.2 Å². The molecule has 0 aromatic carbocycles. The summed E-state index contributed by atoms with van der Waals surface area (Å²) in [5.41, 5.74) is 0. The molecule has 0 amide bonds. The van der Waals surface area contributed by atoms with Crippen molar-refractivity contribution < 1.29 is 9.84 Å². The van der Waals surface area contributed by atoms with Crippen LogP contribution in [0.4, 0.5) is 0 Å². The number of hydrogen-bond acceptors (Lipinski definition) is 3. The van der Waals surface area contributed by atoms with E-state index in [1.165, 1.54) is 19.3 Å². The molecule has 0 aromatic rings. The molecule has 0 radical (unpaired) electrons. The lowest BCUT2D eigenvalue weighted by Crippen LogP contribution is -2.41. The van der Waals surface area contributed by atoms with Gasteiger partial charge in [0.25, 0.3) is 0 Å². The molecule has 2 N–H and O–H groups in total. The molecule has 0 bridgehead atoms. The van der Waals surface area contributed by atoms with Crippen molar-refractivity contribution in [1.82, 2.24) is 5.32 Å². The van der Waals surface area contributed by atoms with Gasteiger partial charge in [0, 0.05) is 26.3 Å². The summed E-state index contributed by atoms with van der Waals surface area (Å²) >= 11 is 0. The van der Waals surface area contributed by atoms with E-state index < -0.39 is 0 Å². The molecule has 0 aliphatic heterocycles. The van der Waals surface area contributed by atoms with Gasteiger partial charge in [-0.25, -0.2) is 0 Å². The van der Waals surface area contributed by atoms with Crippen LogP contribution < -0.4 is 5.32 Å². The second-order valence-electron chi connectivity index (χ2n) is 4.78. The first-order valence-electron chi connectivity index (χ1n) is 6.14. The van der Waals surface area contributed by atoms with E-state index in [-0.39, 0.29) is 6.10 Å². The quantitative estimate of drug-likeness (QED) is 0.684. The Kier molecular flexibility index (Phi) is 6.22. The Hall–Kier alpha value is -0.120. The smallest absolute Gasteiger partial charge is 0.0693 e. The van der Waals surface area contributed by atoms with Gasteiger partial charge in [0.2, 0.25) is 0 Å². The molecule has 90 valence electrons. The van der Waals surface area contributed by atoms with Crippen LogP contribution in [0.3, 0.4) is 0 Å². The molecule has 1 aliphatic rings. The van der Waals surface area contributed by atoms with Crippen molar-refractivity contribution >= 4 is 0 Å². The molecule has 3 heteroatoms. The van der Waals surface area contributed by atoms with Crippen LogP contribution in [0.25, 0.3) is 0 Å². The molecule has 3 nitrogen and oxygen atoms in total. The standard InChI is InChI=1S/C12H25NO2/c1-10(9-15-2)8-13-11-6-4-3-5-7-12(11)14/h10-14H,3-9H2,1-2H3. The van der Waals surface area contributed by atoms with Gasteiger partial charge in [0.1, 0.15) is 0 Å². The molecule has 0 heterocycles. The zero-order valence-electron chi connectivity index (χ0n) is 10.0. The Morgan fingerprint density at radius 2 is 2.07 bits per heavy atom. The van der Waals surface area contributed by atoms with E-state index in [4.69, 9.17) is 4.74 Å². The van der Waals surface area contributed by atoms with E-state index in [9.17, 15) is 5.11 Å². The van der Waals surface area contributed by atoms with Crippen LogP contribution in [0.15, 0.2) is 0 Å². The predicted molar refractivity (Wildman–Crippen MR) is 61.9 cm³/mol. The molecular weight excluding hydrogens is 190 g/mol. The fraction of sp³-hybridized carbons (Fsp3) is 1.00. The zero-order valence-corrected chi connectivity index (χ0v) is 10.0. The van der Waals surface area contributed by atoms with Crippen LogP contribution in [-0.4, -0.2) is 37.5 Å². The molecule has 3 unspecified atom stereocenters. The number of aliphatic hydroxyl groups is 1. The average Bonchev–Trinajstić information content (AvgIpc) is 2.41. The maximum Gasteiger partial charge on any atom is 0.0693 e. The lowest BCUT2D eigenvalue weighted by Gasteiger charge is -2.23. The summed E-state index contributed by atoms with van der Waals surface area (Å²) < 4.78 is 5.09. The highest BCUT2D eigenvalue weighted by Crippen LogP contribution is 2.18. The zero-order chi connectivity index (χ0) is 11.1. The van der Waals surface area contributed by atoms with E-state index in [2.05, 4.69) is 12.2 Å². The largest absolute Gasteiger partial charge is 0.392 e. The van der Waals surface area contributed by atoms with Crippen molar-refractivity contribution in [3.05, 3.63) is 0 Å². The Balaban J connectivity index is 2.22. The molecule has 15 heavy (non-hydrogen) atoms. The number of nitrogens with one attached hydrogen (secondary N) is 1. The third kappa shape index (κ3) is 4.96. The van der Waals surface area contributed by atoms with Crippen LogP contribution in [0.1, 0.15) is 39.0 Å². The summed E-state index contributed by atoms with van der Waals surface area (Å²) in [6, 6.07) is 0.298. The SMILES string of the molecule is COCC(C)CNC1CCCCCC1O. The fourth-order valence-electron chi connectivity index (χ4n) is 2.22. The number of rotatable bonds is 5. The summed E-state index contributed by atoms with van der Waals surface area (Å²) in [5.74, 6) is 0.519. The van der Waals surface area contributed by atoms with Gasteiger partial charge in [-0.3, -0.25) is 0 Å². The highest BCUT2D eigenvalue weighted by molar-refractivity contribution is 4.79. The first-order valence-corrected chi connectivity index (χ1v) is 6.14. The van der Waals surface area contributed by atoms with E-state index in [1.54, 1.807) is 7.11 Å². The number of ether oxygens (including phenoxy) is 1. The van der Waals surface area contributed by atoms with Crippen molar-refractivity contribution in [1.29, 1.82) is 0 Å². The normalized spacial score (nSPS) is 29.8. The first kappa shape index (κ1) is 12.9. The van der Waals surface area contributed by atoms with Crippen LogP contribution >= 0.6 is 0 Å². The minimum Gasteiger partial charge on any atom is -0.392 e. The maximum atomic E-state index is 9.90. The third-order valence-electron chi connectivity index (χ3n) is 3.16. The average molecular weight is 215 g/mol. The molecule has 0 spiro atoms. The van der Waals surface area contributed by atoms with Gasteiger partial charge >= 0.3 is 0 Å². The fourth-order valence-corrected chi connectivity index (χ4v) is 2.22. The van der Waals surface area contributed by atoms with Crippen LogP contribution in [0.2, 0.25) is 0 Å². The van der Waals surface area contributed by atoms with Crippen LogP contribution in [-0.2, 0) is 4.74 Å². The van der Waals surface area contributed by atoms with Crippen molar-refractivity contribution in [2.75, 3.05) is 20.3 Å². The minimum atomic E-state index is -0.151. The van der Waals surface area contributed by atoms with Gasteiger partial charge < -0.3 is 15.2 Å². The van der Waals surface area contributed by atoms with E-state index >= 15 is 0 Å². The van der Waals surface area contributed by atoms with Crippen molar-refractivity contribution in [3.8, 4) is 0 Å². The van der Waals surface area contributed by atoms with E-state index in [1.807, 2.05) is 0 Å². The number of hydrogen-bond donors (Lipinski definition) is 2. The Morgan fingerprint density at radius 1 is 1.33 bits per heavy atom. The van der Waals surface area contributed by atoms with Gasteiger partial charge in [-0.15, -0.1) is 0 Å². The van der Waals surface area contributed by atoms with Crippen molar-refractivity contribution in [2.24, 2.45) is 5.92 Å². The van der Waals surface area contributed by atoms with Gasteiger partial charge in [-0.2, -0.15) is 0 Å². The van der Waals surface area contributed by atoms with Gasteiger partial charge in [0.05, 0.1) is 6.10 Å². The van der Waals surface area contributed by atoms with Gasteiger partial charge in [-0.1, -0.05) is 26.2 Å². The predicted octanol–water partition coefficient (Wildman–Crippen LogP) is 1.55. The summed E-state index contributed by atoms with van der Waals surface area (Å²) in [7, 11) is 1.73. The Morgan fingerprint density at radius 3 is 2.80 bits per heavy atom. The molecule has 0 saturated heterocycles. The second kappa shape index (κ2) is 7.20. The molecule has 1 saturated carbocycles. The highest BCUT2D eigenvalue weighted by atomic mass is 16.5. The molecular formula is C12H25NO2. The van der Waals surface area contributed by atoms with Crippen molar-refractivity contribution in [2.45, 2.75) is 51.2 Å². The molecule has 1 fully saturated rings. The first-order chi connectivity index (χ1) is 7.24. The summed E-state index contributed by atoms with van der Waals surface area (Å²) in [6.45, 7) is 3.89. The van der Waals surface area contributed by atoms with E-state index in [0.29, 0.717) is 12.0 Å². The van der Waals surface area contributed by atoms with E-state index in [0.717, 1.165) is 26.0 Å². The molecule has 0 aromatic heterocycles. The molecule has 1 rings (SSSR count). The number of aliphatic hydroxyl groups excluding tert-OH is 1.